The van der Waals surface area contributed by atoms with Crippen molar-refractivity contribution in [2.24, 2.45) is 5.11 Å². The number of nitrogens with zero attached hydrogens (tertiary/aromatic N) is 6. The molecule has 3 heterocycles. The van der Waals surface area contributed by atoms with E-state index in [2.05, 4.69) is 25.4 Å². The van der Waals surface area contributed by atoms with Crippen molar-refractivity contribution in [1.82, 2.24) is 14.8 Å². The van der Waals surface area contributed by atoms with Crippen LogP contribution in [0.25, 0.3) is 21.5 Å². The zero-order chi connectivity index (χ0) is 28.5. The van der Waals surface area contributed by atoms with Gasteiger partial charge in [-0.05, 0) is 31.0 Å². The second kappa shape index (κ2) is 11.5. The first-order chi connectivity index (χ1) is 18.3. The first kappa shape index (κ1) is 29.4. The van der Waals surface area contributed by atoms with Gasteiger partial charge < -0.3 is 29.8 Å². The number of anilines is 1. The van der Waals surface area contributed by atoms with E-state index in [0.717, 1.165) is 0 Å². The minimum Gasteiger partial charge on any atom is -0.390 e. The van der Waals surface area contributed by atoms with Crippen LogP contribution < -0.4 is 5.32 Å². The Morgan fingerprint density at radius 1 is 1.33 bits per heavy atom. The van der Waals surface area contributed by atoms with Gasteiger partial charge in [-0.3, -0.25) is 9.13 Å². The maximum atomic E-state index is 14.3. The van der Waals surface area contributed by atoms with Crippen LogP contribution in [0.2, 0.25) is 5.15 Å². The summed E-state index contributed by atoms with van der Waals surface area (Å²) in [7, 11) is -9.00. The number of azide groups is 1. The SMILES string of the molecule is C[C@H](Nc1cc(Cl)nc2c1cnn2[C@@H]1O[C@H](CCP(=O)(O)CP(=O)(O)O)[C@@H](O)[C@@H]1N=[N+]=[N-])c1ccccc1F. The number of hydrogen-bond acceptors (Lipinski definition) is 8. The third-order valence-electron chi connectivity index (χ3n) is 6.21. The minimum absolute atomic E-state index is 0.0570. The molecule has 1 aromatic carbocycles. The quantitative estimate of drug-likeness (QED) is 0.0733. The van der Waals surface area contributed by atoms with Crippen LogP contribution in [-0.2, 0) is 13.9 Å². The van der Waals surface area contributed by atoms with Gasteiger partial charge in [-0.25, -0.2) is 14.1 Å². The molecule has 18 heteroatoms. The lowest BCUT2D eigenvalue weighted by molar-refractivity contribution is -0.0241. The average Bonchev–Trinajstić information content (AvgIpc) is 3.38. The summed E-state index contributed by atoms with van der Waals surface area (Å²) in [6.07, 6.45) is -3.13. The van der Waals surface area contributed by atoms with Gasteiger partial charge in [0.05, 0.1) is 35.5 Å². The second-order valence-corrected chi connectivity index (χ2v) is 14.1. The lowest BCUT2D eigenvalue weighted by Crippen LogP contribution is -2.30. The van der Waals surface area contributed by atoms with E-state index in [1.54, 1.807) is 25.1 Å². The first-order valence-corrected chi connectivity index (χ1v) is 15.8. The van der Waals surface area contributed by atoms with E-state index >= 15 is 0 Å². The fourth-order valence-corrected chi connectivity index (χ4v) is 8.19. The number of benzene rings is 1. The Morgan fingerprint density at radius 2 is 2.05 bits per heavy atom. The summed E-state index contributed by atoms with van der Waals surface area (Å²) in [5.74, 6) is -1.60. The third-order valence-corrected chi connectivity index (χ3v) is 10.6. The normalized spacial score (nSPS) is 23.8. The van der Waals surface area contributed by atoms with E-state index in [9.17, 15) is 23.5 Å². The molecule has 0 radical (unpaired) electrons. The molecule has 1 aliphatic rings. The highest BCUT2D eigenvalue weighted by Gasteiger charge is 2.46. The van der Waals surface area contributed by atoms with Crippen LogP contribution in [0.15, 0.2) is 41.6 Å². The molecule has 0 spiro atoms. The summed E-state index contributed by atoms with van der Waals surface area (Å²) in [4.78, 5) is 35.1. The van der Waals surface area contributed by atoms with Gasteiger partial charge in [0, 0.05) is 16.6 Å². The van der Waals surface area contributed by atoms with Crippen LogP contribution in [-0.4, -0.2) is 64.9 Å². The maximum absolute atomic E-state index is 14.3. The van der Waals surface area contributed by atoms with Crippen molar-refractivity contribution in [3.63, 3.8) is 0 Å². The molecule has 14 nitrogen and oxygen atoms in total. The van der Waals surface area contributed by atoms with Crippen molar-refractivity contribution in [3.8, 4) is 0 Å². The second-order valence-electron chi connectivity index (χ2n) is 9.12. The largest absolute Gasteiger partial charge is 0.390 e. The van der Waals surface area contributed by atoms with Crippen molar-refractivity contribution in [1.29, 1.82) is 0 Å². The molecule has 1 fully saturated rings. The highest BCUT2D eigenvalue weighted by Crippen LogP contribution is 2.55. The average molecular weight is 604 g/mol. The van der Waals surface area contributed by atoms with E-state index in [-0.39, 0.29) is 17.2 Å². The van der Waals surface area contributed by atoms with Gasteiger partial charge in [-0.15, -0.1) is 0 Å². The van der Waals surface area contributed by atoms with E-state index in [1.165, 1.54) is 23.0 Å². The lowest BCUT2D eigenvalue weighted by Gasteiger charge is -2.19. The molecule has 210 valence electrons. The number of rotatable bonds is 10. The van der Waals surface area contributed by atoms with Gasteiger partial charge in [0.15, 0.2) is 11.9 Å². The lowest BCUT2D eigenvalue weighted by atomic mass is 10.1. The number of hydrogen-bond donors (Lipinski definition) is 5. The monoisotopic (exact) mass is 603 g/mol. The number of fused-ring (bicyclic) bond motifs is 1. The highest BCUT2D eigenvalue weighted by atomic mass is 35.5. The van der Waals surface area contributed by atoms with Crippen molar-refractivity contribution in [3.05, 3.63) is 63.5 Å². The number of aliphatic hydroxyl groups is 1. The third kappa shape index (κ3) is 6.78. The Labute approximate surface area is 226 Å². The molecule has 2 aromatic heterocycles. The molecule has 3 aromatic rings. The maximum Gasteiger partial charge on any atom is 0.335 e. The van der Waals surface area contributed by atoms with Crippen LogP contribution in [0, 0.1) is 5.82 Å². The van der Waals surface area contributed by atoms with Crippen LogP contribution in [0.1, 0.15) is 31.2 Å². The summed E-state index contributed by atoms with van der Waals surface area (Å²) < 4.78 is 44.8. The highest BCUT2D eigenvalue weighted by molar-refractivity contribution is 7.72. The fourth-order valence-electron chi connectivity index (χ4n) is 4.47. The molecule has 1 unspecified atom stereocenters. The molecule has 4 rings (SSSR count). The topological polar surface area (TPSA) is 216 Å². The fraction of sp³-hybridized carbons (Fsp3) is 0.429. The zero-order valence-corrected chi connectivity index (χ0v) is 22.9. The van der Waals surface area contributed by atoms with Gasteiger partial charge in [0.1, 0.15) is 22.9 Å². The number of pyridine rings is 1. The zero-order valence-electron chi connectivity index (χ0n) is 20.3. The first-order valence-electron chi connectivity index (χ1n) is 11.6. The summed E-state index contributed by atoms with van der Waals surface area (Å²) in [6.45, 7) is 1.76. The van der Waals surface area contributed by atoms with Gasteiger partial charge in [0.2, 0.25) is 7.37 Å². The molecule has 0 aliphatic carbocycles. The molecule has 5 N–H and O–H groups in total. The van der Waals surface area contributed by atoms with Gasteiger partial charge in [-0.2, -0.15) is 5.10 Å². The summed E-state index contributed by atoms with van der Waals surface area (Å²) in [5.41, 5.74) is 10.2. The Kier molecular flexibility index (Phi) is 8.67. The van der Waals surface area contributed by atoms with Crippen LogP contribution in [0.4, 0.5) is 10.1 Å². The van der Waals surface area contributed by atoms with Gasteiger partial charge >= 0.3 is 7.60 Å². The Hall–Kier alpha value is -2.57. The molecule has 6 atom stereocenters. The summed E-state index contributed by atoms with van der Waals surface area (Å²) in [5, 5.41) is 22.4. The van der Waals surface area contributed by atoms with E-state index in [1.807, 2.05) is 0 Å². The van der Waals surface area contributed by atoms with Crippen molar-refractivity contribution < 1.29 is 38.0 Å². The summed E-state index contributed by atoms with van der Waals surface area (Å²) in [6, 6.07) is 6.11. The molecule has 0 bridgehead atoms. The van der Waals surface area contributed by atoms with Crippen molar-refractivity contribution >= 4 is 43.3 Å². The number of aromatic nitrogens is 3. The Morgan fingerprint density at radius 3 is 2.72 bits per heavy atom. The van der Waals surface area contributed by atoms with E-state index < -0.39 is 63.4 Å². The van der Waals surface area contributed by atoms with E-state index in [4.69, 9.17) is 31.7 Å². The van der Waals surface area contributed by atoms with Gasteiger partial charge in [-0.1, -0.05) is 34.9 Å². The molecule has 1 saturated heterocycles. The Bertz CT molecular complexity index is 1520. The molecule has 1 aliphatic heterocycles. The minimum atomic E-state index is -4.75. The molecular weight excluding hydrogens is 579 g/mol. The number of ether oxygens (including phenoxy) is 1. The van der Waals surface area contributed by atoms with Gasteiger partial charge in [0.25, 0.3) is 0 Å². The standard InChI is InChI=1S/C21H25ClFN7O7P2/c1-11(12-4-2-3-5-14(12)23)26-15-8-17(22)27-20-13(15)9-25-30(20)21-18(28-29-24)19(31)16(37-21)6-7-38(32,33)10-39(34,35)36/h2-5,8-9,11,16,18-19,21,31H,6-7,10H2,1H3,(H,26,27)(H,32,33)(H2,34,35,36)/t11-,16+,18-,19+,21+/m0/s1. The van der Waals surface area contributed by atoms with Crippen molar-refractivity contribution in [2.75, 3.05) is 17.4 Å². The summed E-state index contributed by atoms with van der Waals surface area (Å²) >= 11 is 6.27. The smallest absolute Gasteiger partial charge is 0.335 e. The Balaban J connectivity index is 1.62. The molecular formula is C21H25ClFN7O7P2. The number of halogens is 2. The number of nitrogens with one attached hydrogen (secondary N) is 1. The molecule has 0 saturated carbocycles. The predicted molar refractivity (Wildman–Crippen MR) is 140 cm³/mol. The molecule has 0 amide bonds. The van der Waals surface area contributed by atoms with Crippen LogP contribution in [0.3, 0.4) is 0 Å². The predicted octanol–water partition coefficient (Wildman–Crippen LogP) is 4.13. The van der Waals surface area contributed by atoms with Crippen LogP contribution in [0.5, 0.6) is 0 Å². The molecule has 39 heavy (non-hydrogen) atoms. The number of aliphatic hydroxyl groups excluding tert-OH is 1. The van der Waals surface area contributed by atoms with E-state index in [0.29, 0.717) is 16.6 Å². The van der Waals surface area contributed by atoms with Crippen molar-refractivity contribution in [2.45, 2.75) is 43.9 Å². The van der Waals surface area contributed by atoms with Crippen LogP contribution >= 0.6 is 26.6 Å².